The molecule has 0 amide bonds. The molecule has 0 aromatic carbocycles. The summed E-state index contributed by atoms with van der Waals surface area (Å²) in [6.45, 7) is 0. The minimum Gasteiger partial charge on any atom is -0.477 e. The summed E-state index contributed by atoms with van der Waals surface area (Å²) in [6.07, 6.45) is -24.4. The van der Waals surface area contributed by atoms with E-state index in [1.54, 1.807) is 0 Å². The Hall–Kier alpha value is -2.53. The summed E-state index contributed by atoms with van der Waals surface area (Å²) in [4.78, 5) is 9.92. The van der Waals surface area contributed by atoms with E-state index in [0.29, 0.717) is 4.74 Å². The molecule has 31 heteroatoms. The van der Waals surface area contributed by atoms with E-state index in [4.69, 9.17) is 5.11 Å². The number of carboxylic acids is 1. The Balaban J connectivity index is 7.20. The van der Waals surface area contributed by atoms with E-state index in [-0.39, 0.29) is 0 Å². The molecule has 0 saturated carbocycles. The van der Waals surface area contributed by atoms with Gasteiger partial charge in [-0.25, -0.2) is 18.3 Å². The first-order valence-electron chi connectivity index (χ1n) is 9.47. The Kier molecular flexibility index (Phi) is 10.1. The predicted molar refractivity (Wildman–Crippen MR) is 79.0 cm³/mol. The van der Waals surface area contributed by atoms with Crippen LogP contribution in [0.1, 0.15) is 0 Å². The maximum Gasteiger partial charge on any atom is 0.430 e. The molecule has 3 nitrogen and oxygen atoms in total. The highest BCUT2D eigenvalue weighted by Gasteiger charge is 2.97. The smallest absolute Gasteiger partial charge is 0.430 e. The lowest BCUT2D eigenvalue weighted by molar-refractivity contribution is -0.525. The third-order valence-corrected chi connectivity index (χ3v) is 5.10. The summed E-state index contributed by atoms with van der Waals surface area (Å²) >= 11 is 0. The van der Waals surface area contributed by atoms with Crippen molar-refractivity contribution in [3.63, 3.8) is 0 Å². The minimum atomic E-state index is -9.61. The van der Waals surface area contributed by atoms with Crippen molar-refractivity contribution in [2.24, 2.45) is 0 Å². The molecule has 0 aromatic heterocycles. The van der Waals surface area contributed by atoms with Crippen molar-refractivity contribution in [1.29, 1.82) is 0 Å². The van der Waals surface area contributed by atoms with Gasteiger partial charge in [0.05, 0.1) is 0 Å². The molecule has 0 aliphatic heterocycles. The number of rotatable bonds is 15. The van der Waals surface area contributed by atoms with Crippen LogP contribution in [-0.4, -0.2) is 94.9 Å². The van der Waals surface area contributed by atoms with Crippen molar-refractivity contribution < 1.29 is 138 Å². The number of alkyl halides is 28. The van der Waals surface area contributed by atoms with E-state index < -0.39 is 89.8 Å². The Bertz CT molecular complexity index is 1130. The standard InChI is InChI=1S/C15H2F28O3/c16-1(17)3(18,19)5(22,23)7(26,27)9(30,31)10(32,33)11(34,35)13(38,39)15(42,43)46-14(40,41)12(36,37)8(28,29)6(24,25)4(20,21)2(44)45/h1H,(H,44,45). The second kappa shape index (κ2) is 10.7. The van der Waals surface area contributed by atoms with E-state index in [0.717, 1.165) is 0 Å². The Labute approximate surface area is 229 Å². The van der Waals surface area contributed by atoms with Crippen LogP contribution in [0.4, 0.5) is 123 Å². The summed E-state index contributed by atoms with van der Waals surface area (Å²) in [7, 11) is 0. The van der Waals surface area contributed by atoms with Gasteiger partial charge in [-0.3, -0.25) is 0 Å². The maximum atomic E-state index is 13.6. The molecule has 0 aromatic rings. The van der Waals surface area contributed by atoms with Crippen molar-refractivity contribution in [2.75, 3.05) is 0 Å². The molecule has 0 aliphatic rings. The SMILES string of the molecule is O=C(O)C(F)(F)C(F)(F)C(F)(F)C(F)(F)C(F)(F)OC(F)(F)C(F)(F)C(F)(F)C(F)(F)C(F)(F)C(F)(F)C(F)(F)C(F)(F)C(F)F. The van der Waals surface area contributed by atoms with Gasteiger partial charge in [0.15, 0.2) is 0 Å². The van der Waals surface area contributed by atoms with Gasteiger partial charge in [-0.1, -0.05) is 0 Å². The highest BCUT2D eigenvalue weighted by Crippen LogP contribution is 2.65. The molecule has 0 heterocycles. The predicted octanol–water partition coefficient (Wildman–Crippen LogP) is 8.53. The summed E-state index contributed by atoms with van der Waals surface area (Å²) in [6, 6.07) is 0. The number of hydrogen-bond donors (Lipinski definition) is 1. The summed E-state index contributed by atoms with van der Waals surface area (Å²) in [5.41, 5.74) is 0. The third kappa shape index (κ3) is 5.18. The number of ether oxygens (including phenoxy) is 1. The molecule has 0 fully saturated rings. The fourth-order valence-corrected chi connectivity index (χ4v) is 2.32. The Morgan fingerprint density at radius 2 is 0.609 bits per heavy atom. The molecule has 46 heavy (non-hydrogen) atoms. The van der Waals surface area contributed by atoms with Crippen molar-refractivity contribution in [3.05, 3.63) is 0 Å². The summed E-state index contributed by atoms with van der Waals surface area (Å²) in [5.74, 6) is -103. The van der Waals surface area contributed by atoms with Crippen LogP contribution in [-0.2, 0) is 9.53 Å². The third-order valence-electron chi connectivity index (χ3n) is 5.10. The maximum absolute atomic E-state index is 13.6. The van der Waals surface area contributed by atoms with Gasteiger partial charge in [-0.2, -0.15) is 114 Å². The number of halogens is 28. The number of hydrogen-bond acceptors (Lipinski definition) is 2. The zero-order valence-corrected chi connectivity index (χ0v) is 19.4. The van der Waals surface area contributed by atoms with E-state index in [9.17, 15) is 128 Å². The number of carbonyl (C=O) groups is 1. The van der Waals surface area contributed by atoms with Crippen LogP contribution in [0.2, 0.25) is 0 Å². The van der Waals surface area contributed by atoms with Gasteiger partial charge >= 0.3 is 89.8 Å². The zero-order chi connectivity index (χ0) is 38.4. The van der Waals surface area contributed by atoms with Crippen LogP contribution in [0.5, 0.6) is 0 Å². The lowest BCUT2D eigenvalue weighted by Crippen LogP contribution is -2.76. The molecule has 0 atom stereocenters. The second-order valence-corrected chi connectivity index (χ2v) is 8.11. The van der Waals surface area contributed by atoms with Gasteiger partial charge in [-0.15, -0.1) is 0 Å². The van der Waals surface area contributed by atoms with Crippen molar-refractivity contribution in [2.45, 2.75) is 83.8 Å². The molecule has 276 valence electrons. The first kappa shape index (κ1) is 43.5. The van der Waals surface area contributed by atoms with Gasteiger partial charge in [0.1, 0.15) is 0 Å². The molecular weight excluding hydrogens is 760 g/mol. The van der Waals surface area contributed by atoms with E-state index in [1.165, 1.54) is 0 Å². The normalized spacial score (nSPS) is 16.7. The average molecular weight is 762 g/mol. The monoisotopic (exact) mass is 762 g/mol. The molecule has 1 N–H and O–H groups in total. The van der Waals surface area contributed by atoms with E-state index in [2.05, 4.69) is 0 Å². The average Bonchev–Trinajstić information content (AvgIpc) is 2.81. The highest BCUT2D eigenvalue weighted by atomic mass is 19.4. The summed E-state index contributed by atoms with van der Waals surface area (Å²) < 4.78 is 370. The topological polar surface area (TPSA) is 46.5 Å². The van der Waals surface area contributed by atoms with Crippen molar-refractivity contribution in [3.8, 4) is 0 Å². The zero-order valence-electron chi connectivity index (χ0n) is 19.4. The molecule has 0 unspecified atom stereocenters. The van der Waals surface area contributed by atoms with Crippen LogP contribution in [0.3, 0.4) is 0 Å². The summed E-state index contributed by atoms with van der Waals surface area (Å²) in [5, 5.41) is 7.67. The van der Waals surface area contributed by atoms with Crippen LogP contribution in [0, 0.1) is 0 Å². The Morgan fingerprint density at radius 1 is 0.391 bits per heavy atom. The molecule has 0 bridgehead atoms. The van der Waals surface area contributed by atoms with Crippen LogP contribution < -0.4 is 0 Å². The second-order valence-electron chi connectivity index (χ2n) is 8.11. The molecule has 0 aliphatic carbocycles. The van der Waals surface area contributed by atoms with Gasteiger partial charge in [0.2, 0.25) is 0 Å². The fraction of sp³-hybridized carbons (Fsp3) is 0.933. The molecule has 0 spiro atoms. The van der Waals surface area contributed by atoms with Crippen molar-refractivity contribution in [1.82, 2.24) is 0 Å². The molecular formula is C15H2F28O3. The first-order chi connectivity index (χ1) is 19.3. The van der Waals surface area contributed by atoms with E-state index in [1.807, 2.05) is 0 Å². The largest absolute Gasteiger partial charge is 0.477 e. The van der Waals surface area contributed by atoms with Gasteiger partial charge in [0, 0.05) is 0 Å². The quantitative estimate of drug-likeness (QED) is 0.170. The number of aliphatic carboxylic acids is 1. The first-order valence-corrected chi connectivity index (χ1v) is 9.47. The minimum absolute atomic E-state index is 0.657. The van der Waals surface area contributed by atoms with E-state index >= 15 is 0 Å². The van der Waals surface area contributed by atoms with Gasteiger partial charge in [0.25, 0.3) is 0 Å². The van der Waals surface area contributed by atoms with Crippen molar-refractivity contribution >= 4 is 5.97 Å². The lowest BCUT2D eigenvalue weighted by Gasteiger charge is -2.44. The van der Waals surface area contributed by atoms with Crippen LogP contribution in [0.25, 0.3) is 0 Å². The molecule has 0 radical (unpaired) electrons. The van der Waals surface area contributed by atoms with Gasteiger partial charge in [-0.05, 0) is 0 Å². The Morgan fingerprint density at radius 3 is 0.848 bits per heavy atom. The van der Waals surface area contributed by atoms with Gasteiger partial charge < -0.3 is 5.11 Å². The highest BCUT2D eigenvalue weighted by molar-refractivity contribution is 5.77. The molecule has 0 saturated heterocycles. The van der Waals surface area contributed by atoms with Crippen LogP contribution >= 0.6 is 0 Å². The lowest BCUT2D eigenvalue weighted by atomic mass is 9.89. The number of carboxylic acid groups (broad SMARTS) is 1. The molecule has 0 rings (SSSR count). The fourth-order valence-electron chi connectivity index (χ4n) is 2.32. The van der Waals surface area contributed by atoms with Crippen LogP contribution in [0.15, 0.2) is 0 Å².